The molecule has 1 atom stereocenters. The van der Waals surface area contributed by atoms with Crippen LogP contribution in [0.3, 0.4) is 0 Å². The highest BCUT2D eigenvalue weighted by atomic mass is 16.2. The van der Waals surface area contributed by atoms with Crippen molar-refractivity contribution in [3.05, 3.63) is 54.4 Å². The number of imide groups is 1. The molecule has 0 bridgehead atoms. The van der Waals surface area contributed by atoms with Gasteiger partial charge in [0.1, 0.15) is 6.04 Å². The van der Waals surface area contributed by atoms with Gasteiger partial charge in [-0.05, 0) is 11.6 Å². The van der Waals surface area contributed by atoms with Gasteiger partial charge in [-0.2, -0.15) is 0 Å². The summed E-state index contributed by atoms with van der Waals surface area (Å²) < 4.78 is 0. The number of piperazine rings is 1. The SMILES string of the molecule is CNC(=O)NC(=O)[C@H](c1ccccc1)N1CCN(c2ncccn2)CC1. The van der Waals surface area contributed by atoms with Gasteiger partial charge in [-0.1, -0.05) is 30.3 Å². The van der Waals surface area contributed by atoms with E-state index in [0.29, 0.717) is 32.1 Å². The lowest BCUT2D eigenvalue weighted by atomic mass is 10.0. The Labute approximate surface area is 152 Å². The molecule has 0 aliphatic carbocycles. The summed E-state index contributed by atoms with van der Waals surface area (Å²) in [6, 6.07) is 10.3. The van der Waals surface area contributed by atoms with Crippen LogP contribution in [-0.2, 0) is 4.79 Å². The van der Waals surface area contributed by atoms with E-state index in [9.17, 15) is 9.59 Å². The van der Waals surface area contributed by atoms with E-state index in [4.69, 9.17) is 0 Å². The molecule has 8 heteroatoms. The van der Waals surface area contributed by atoms with Gasteiger partial charge in [0.05, 0.1) is 0 Å². The first-order valence-corrected chi connectivity index (χ1v) is 8.52. The second-order valence-corrected chi connectivity index (χ2v) is 5.95. The van der Waals surface area contributed by atoms with Gasteiger partial charge in [0.15, 0.2) is 0 Å². The van der Waals surface area contributed by atoms with E-state index >= 15 is 0 Å². The fraction of sp³-hybridized carbons (Fsp3) is 0.333. The molecule has 3 rings (SSSR count). The average Bonchev–Trinajstić information content (AvgIpc) is 2.70. The summed E-state index contributed by atoms with van der Waals surface area (Å²) in [6.07, 6.45) is 3.44. The number of anilines is 1. The second kappa shape index (κ2) is 8.39. The Hall–Kier alpha value is -3.00. The van der Waals surface area contributed by atoms with Crippen molar-refractivity contribution in [3.8, 4) is 0 Å². The van der Waals surface area contributed by atoms with Gasteiger partial charge in [-0.25, -0.2) is 14.8 Å². The number of hydrogen-bond donors (Lipinski definition) is 2. The van der Waals surface area contributed by atoms with Crippen molar-refractivity contribution >= 4 is 17.9 Å². The van der Waals surface area contributed by atoms with Crippen LogP contribution in [0.4, 0.5) is 10.7 Å². The van der Waals surface area contributed by atoms with E-state index in [2.05, 4.69) is 30.4 Å². The Morgan fingerprint density at radius 2 is 1.65 bits per heavy atom. The molecule has 0 saturated carbocycles. The van der Waals surface area contributed by atoms with E-state index in [1.807, 2.05) is 30.3 Å². The predicted octanol–water partition coefficient (Wildman–Crippen LogP) is 0.795. The predicted molar refractivity (Wildman–Crippen MR) is 97.6 cm³/mol. The van der Waals surface area contributed by atoms with Gasteiger partial charge in [0.2, 0.25) is 11.9 Å². The molecule has 136 valence electrons. The monoisotopic (exact) mass is 354 g/mol. The summed E-state index contributed by atoms with van der Waals surface area (Å²) in [7, 11) is 1.48. The third kappa shape index (κ3) is 4.15. The van der Waals surface area contributed by atoms with Crippen LogP contribution in [0.25, 0.3) is 0 Å². The van der Waals surface area contributed by atoms with E-state index in [1.165, 1.54) is 7.05 Å². The van der Waals surface area contributed by atoms with Gasteiger partial charge in [-0.3, -0.25) is 15.0 Å². The third-order valence-electron chi connectivity index (χ3n) is 4.34. The van der Waals surface area contributed by atoms with Gasteiger partial charge in [-0.15, -0.1) is 0 Å². The number of urea groups is 1. The molecule has 2 N–H and O–H groups in total. The number of carbonyl (C=O) groups excluding carboxylic acids is 2. The maximum atomic E-state index is 12.7. The van der Waals surface area contributed by atoms with Crippen LogP contribution in [0, 0.1) is 0 Å². The molecule has 1 fully saturated rings. The Kier molecular flexibility index (Phi) is 5.75. The normalized spacial score (nSPS) is 16.0. The van der Waals surface area contributed by atoms with Gasteiger partial charge >= 0.3 is 6.03 Å². The quantitative estimate of drug-likeness (QED) is 0.844. The van der Waals surface area contributed by atoms with Crippen LogP contribution < -0.4 is 15.5 Å². The zero-order valence-corrected chi connectivity index (χ0v) is 14.6. The van der Waals surface area contributed by atoms with Crippen molar-refractivity contribution < 1.29 is 9.59 Å². The molecular weight excluding hydrogens is 332 g/mol. The number of aromatic nitrogens is 2. The molecular formula is C18H22N6O2. The third-order valence-corrected chi connectivity index (χ3v) is 4.34. The minimum Gasteiger partial charge on any atom is -0.341 e. The summed E-state index contributed by atoms with van der Waals surface area (Å²) in [5, 5.41) is 4.82. The molecule has 1 aliphatic heterocycles. The Morgan fingerprint density at radius 1 is 1.00 bits per heavy atom. The molecule has 2 heterocycles. The fourth-order valence-electron chi connectivity index (χ4n) is 3.04. The number of benzene rings is 1. The molecule has 1 aliphatic rings. The summed E-state index contributed by atoms with van der Waals surface area (Å²) in [4.78, 5) is 37.0. The molecule has 1 aromatic heterocycles. The van der Waals surface area contributed by atoms with Crippen LogP contribution >= 0.6 is 0 Å². The number of nitrogens with zero attached hydrogens (tertiary/aromatic N) is 4. The lowest BCUT2D eigenvalue weighted by molar-refractivity contribution is -0.125. The zero-order valence-electron chi connectivity index (χ0n) is 14.6. The maximum Gasteiger partial charge on any atom is 0.321 e. The zero-order chi connectivity index (χ0) is 18.4. The van der Waals surface area contributed by atoms with E-state index < -0.39 is 12.1 Å². The second-order valence-electron chi connectivity index (χ2n) is 5.95. The molecule has 2 aromatic rings. The Morgan fingerprint density at radius 3 is 2.27 bits per heavy atom. The van der Waals surface area contributed by atoms with Crippen molar-refractivity contribution in [2.45, 2.75) is 6.04 Å². The molecule has 0 spiro atoms. The minimum atomic E-state index is -0.521. The van der Waals surface area contributed by atoms with Crippen LogP contribution in [0.2, 0.25) is 0 Å². The Bertz CT molecular complexity index is 732. The van der Waals surface area contributed by atoms with Crippen LogP contribution in [0.1, 0.15) is 11.6 Å². The standard InChI is InChI=1S/C18H22N6O2/c1-19-18(26)22-16(25)15(14-6-3-2-4-7-14)23-10-12-24(13-11-23)17-20-8-5-9-21-17/h2-9,15H,10-13H2,1H3,(H2,19,22,25,26)/t15-/m0/s1. The average molecular weight is 354 g/mol. The van der Waals surface area contributed by atoms with E-state index in [1.54, 1.807) is 18.5 Å². The van der Waals surface area contributed by atoms with Crippen LogP contribution in [0.5, 0.6) is 0 Å². The maximum absolute atomic E-state index is 12.7. The summed E-state index contributed by atoms with van der Waals surface area (Å²) in [5.41, 5.74) is 0.860. The first kappa shape index (κ1) is 17.8. The molecule has 8 nitrogen and oxygen atoms in total. The highest BCUT2D eigenvalue weighted by Gasteiger charge is 2.31. The lowest BCUT2D eigenvalue weighted by Gasteiger charge is -2.38. The number of carbonyl (C=O) groups is 2. The number of amides is 3. The van der Waals surface area contributed by atoms with Crippen molar-refractivity contribution in [1.29, 1.82) is 0 Å². The van der Waals surface area contributed by atoms with Crippen molar-refractivity contribution in [1.82, 2.24) is 25.5 Å². The number of hydrogen-bond acceptors (Lipinski definition) is 6. The van der Waals surface area contributed by atoms with E-state index in [0.717, 1.165) is 5.56 Å². The molecule has 1 aromatic carbocycles. The van der Waals surface area contributed by atoms with Gasteiger partial charge < -0.3 is 10.2 Å². The van der Waals surface area contributed by atoms with E-state index in [-0.39, 0.29) is 5.91 Å². The topological polar surface area (TPSA) is 90.5 Å². The highest BCUT2D eigenvalue weighted by molar-refractivity contribution is 5.97. The van der Waals surface area contributed by atoms with Gasteiger partial charge in [0, 0.05) is 45.6 Å². The van der Waals surface area contributed by atoms with Gasteiger partial charge in [0.25, 0.3) is 0 Å². The van der Waals surface area contributed by atoms with Crippen LogP contribution in [0.15, 0.2) is 48.8 Å². The van der Waals surface area contributed by atoms with Crippen LogP contribution in [-0.4, -0.2) is 60.0 Å². The fourth-order valence-corrected chi connectivity index (χ4v) is 3.04. The summed E-state index contributed by atoms with van der Waals surface area (Å²) in [5.74, 6) is 0.359. The van der Waals surface area contributed by atoms with Crippen molar-refractivity contribution in [2.24, 2.45) is 0 Å². The summed E-state index contributed by atoms with van der Waals surface area (Å²) >= 11 is 0. The minimum absolute atomic E-state index is 0.333. The molecule has 0 radical (unpaired) electrons. The molecule has 1 saturated heterocycles. The summed E-state index contributed by atoms with van der Waals surface area (Å²) in [6.45, 7) is 2.75. The molecule has 3 amide bonds. The smallest absolute Gasteiger partial charge is 0.321 e. The highest BCUT2D eigenvalue weighted by Crippen LogP contribution is 2.23. The first-order valence-electron chi connectivity index (χ1n) is 8.52. The first-order chi connectivity index (χ1) is 12.7. The molecule has 0 unspecified atom stereocenters. The lowest BCUT2D eigenvalue weighted by Crippen LogP contribution is -2.52. The number of nitrogens with one attached hydrogen (secondary N) is 2. The number of rotatable bonds is 4. The molecule has 26 heavy (non-hydrogen) atoms. The van der Waals surface area contributed by atoms with Crippen molar-refractivity contribution in [3.63, 3.8) is 0 Å². The van der Waals surface area contributed by atoms with Crippen molar-refractivity contribution in [2.75, 3.05) is 38.1 Å². The largest absolute Gasteiger partial charge is 0.341 e. The Balaban J connectivity index is 1.74.